The van der Waals surface area contributed by atoms with Gasteiger partial charge in [-0.2, -0.15) is 4.72 Å². The molecule has 0 fully saturated rings. The quantitative estimate of drug-likeness (QED) is 0.507. The zero-order valence-electron chi connectivity index (χ0n) is 15.8. The highest BCUT2D eigenvalue weighted by Gasteiger charge is 2.33. The molecule has 0 saturated heterocycles. The maximum atomic E-state index is 12.6. The SMILES string of the molecule is Cc1ccc2c(c1)NC(C(=O)Nc1ccc(NC(=O)c3ccco3)cc1)NS2(=O)=O. The summed E-state index contributed by atoms with van der Waals surface area (Å²) < 4.78 is 32.2. The average molecular weight is 426 g/mol. The third-order valence-corrected chi connectivity index (χ3v) is 5.90. The molecule has 10 heteroatoms. The van der Waals surface area contributed by atoms with Crippen molar-refractivity contribution in [1.82, 2.24) is 4.72 Å². The molecule has 154 valence electrons. The van der Waals surface area contributed by atoms with Crippen molar-refractivity contribution >= 4 is 38.9 Å². The van der Waals surface area contributed by atoms with Crippen molar-refractivity contribution in [2.45, 2.75) is 18.0 Å². The summed E-state index contributed by atoms with van der Waals surface area (Å²) in [5.41, 5.74) is 2.18. The van der Waals surface area contributed by atoms with Gasteiger partial charge in [0.2, 0.25) is 10.0 Å². The van der Waals surface area contributed by atoms with Gasteiger partial charge in [-0.1, -0.05) is 6.07 Å². The first-order valence-electron chi connectivity index (χ1n) is 8.97. The number of fused-ring (bicyclic) bond motifs is 1. The summed E-state index contributed by atoms with van der Waals surface area (Å²) in [6, 6.07) is 14.4. The number of benzene rings is 2. The molecular weight excluding hydrogens is 408 g/mol. The third-order valence-electron chi connectivity index (χ3n) is 4.41. The molecule has 1 aliphatic rings. The molecule has 0 radical (unpaired) electrons. The lowest BCUT2D eigenvalue weighted by atomic mass is 10.2. The van der Waals surface area contributed by atoms with Crippen LogP contribution in [0.1, 0.15) is 16.1 Å². The second-order valence-corrected chi connectivity index (χ2v) is 8.38. The van der Waals surface area contributed by atoms with E-state index in [9.17, 15) is 18.0 Å². The van der Waals surface area contributed by atoms with Crippen LogP contribution >= 0.6 is 0 Å². The van der Waals surface area contributed by atoms with Crippen molar-refractivity contribution in [3.05, 3.63) is 72.2 Å². The first-order chi connectivity index (χ1) is 14.3. The lowest BCUT2D eigenvalue weighted by Gasteiger charge is -2.27. The molecule has 2 aromatic carbocycles. The lowest BCUT2D eigenvalue weighted by Crippen LogP contribution is -2.51. The van der Waals surface area contributed by atoms with Crippen LogP contribution in [0.4, 0.5) is 17.1 Å². The van der Waals surface area contributed by atoms with Gasteiger partial charge in [0.15, 0.2) is 11.9 Å². The maximum Gasteiger partial charge on any atom is 0.291 e. The molecule has 4 N–H and O–H groups in total. The Morgan fingerprint density at radius 2 is 1.70 bits per heavy atom. The maximum absolute atomic E-state index is 12.6. The average Bonchev–Trinajstić information content (AvgIpc) is 3.23. The number of aryl methyl sites for hydroxylation is 1. The molecule has 0 bridgehead atoms. The van der Waals surface area contributed by atoms with Crippen molar-refractivity contribution in [3.63, 3.8) is 0 Å². The van der Waals surface area contributed by atoms with Gasteiger partial charge in [-0.25, -0.2) is 8.42 Å². The first-order valence-corrected chi connectivity index (χ1v) is 10.5. The highest BCUT2D eigenvalue weighted by atomic mass is 32.2. The highest BCUT2D eigenvalue weighted by Crippen LogP contribution is 2.27. The minimum Gasteiger partial charge on any atom is -0.459 e. The topological polar surface area (TPSA) is 130 Å². The van der Waals surface area contributed by atoms with E-state index in [0.29, 0.717) is 17.1 Å². The molecule has 1 aromatic heterocycles. The molecule has 1 unspecified atom stereocenters. The Balaban J connectivity index is 1.43. The summed E-state index contributed by atoms with van der Waals surface area (Å²) >= 11 is 0. The number of sulfonamides is 1. The summed E-state index contributed by atoms with van der Waals surface area (Å²) in [4.78, 5) is 24.7. The monoisotopic (exact) mass is 426 g/mol. The van der Waals surface area contributed by atoms with Crippen LogP contribution in [0.3, 0.4) is 0 Å². The first kappa shape index (κ1) is 19.7. The Hall–Kier alpha value is -3.63. The van der Waals surface area contributed by atoms with Crippen LogP contribution in [0.5, 0.6) is 0 Å². The summed E-state index contributed by atoms with van der Waals surface area (Å²) in [6.45, 7) is 1.83. The molecule has 0 spiro atoms. The van der Waals surface area contributed by atoms with Gasteiger partial charge >= 0.3 is 0 Å². The van der Waals surface area contributed by atoms with E-state index >= 15 is 0 Å². The minimum absolute atomic E-state index is 0.0915. The van der Waals surface area contributed by atoms with Gasteiger partial charge in [-0.05, 0) is 61.0 Å². The smallest absolute Gasteiger partial charge is 0.291 e. The Kier molecular flexibility index (Phi) is 5.02. The second-order valence-electron chi connectivity index (χ2n) is 6.70. The fourth-order valence-corrected chi connectivity index (χ4v) is 4.22. The Bertz CT molecular complexity index is 1200. The molecule has 0 aliphatic carbocycles. The van der Waals surface area contributed by atoms with Crippen molar-refractivity contribution in [3.8, 4) is 0 Å². The second kappa shape index (κ2) is 7.65. The van der Waals surface area contributed by atoms with Crippen molar-refractivity contribution in [1.29, 1.82) is 0 Å². The molecule has 2 heterocycles. The fraction of sp³-hybridized carbons (Fsp3) is 0.100. The zero-order valence-corrected chi connectivity index (χ0v) is 16.6. The molecule has 1 atom stereocenters. The number of anilines is 3. The Labute approximate surface area is 172 Å². The fourth-order valence-electron chi connectivity index (χ4n) is 2.97. The molecule has 3 aromatic rings. The van der Waals surface area contributed by atoms with Crippen LogP contribution in [0, 0.1) is 6.92 Å². The predicted octanol–water partition coefficient (Wildman–Crippen LogP) is 2.51. The van der Waals surface area contributed by atoms with Crippen LogP contribution in [0.15, 0.2) is 70.2 Å². The van der Waals surface area contributed by atoms with E-state index in [2.05, 4.69) is 20.7 Å². The summed E-state index contributed by atoms with van der Waals surface area (Å²) in [5, 5.41) is 8.21. The van der Waals surface area contributed by atoms with E-state index in [1.54, 1.807) is 48.5 Å². The van der Waals surface area contributed by atoms with Crippen LogP contribution in [0.25, 0.3) is 0 Å². The highest BCUT2D eigenvalue weighted by molar-refractivity contribution is 7.89. The minimum atomic E-state index is -3.82. The van der Waals surface area contributed by atoms with E-state index in [-0.39, 0.29) is 10.7 Å². The van der Waals surface area contributed by atoms with Crippen molar-refractivity contribution in [2.75, 3.05) is 16.0 Å². The van der Waals surface area contributed by atoms with E-state index in [1.807, 2.05) is 6.92 Å². The van der Waals surface area contributed by atoms with E-state index in [4.69, 9.17) is 4.42 Å². The Morgan fingerprint density at radius 1 is 1.00 bits per heavy atom. The molecule has 9 nitrogen and oxygen atoms in total. The number of carbonyl (C=O) groups is 2. The normalized spacial score (nSPS) is 16.8. The van der Waals surface area contributed by atoms with Gasteiger partial charge in [0.05, 0.1) is 12.0 Å². The van der Waals surface area contributed by atoms with Gasteiger partial charge in [0.25, 0.3) is 11.8 Å². The number of hydrogen-bond donors (Lipinski definition) is 4. The standard InChI is InChI=1S/C20H18N4O5S/c1-12-4-9-17-15(11-12)23-18(24-30(17,27)28)20(26)22-14-7-5-13(6-8-14)21-19(25)16-3-2-10-29-16/h2-11,18,23-24H,1H3,(H,21,25)(H,22,26). The van der Waals surface area contributed by atoms with Gasteiger partial charge in [-0.3, -0.25) is 9.59 Å². The predicted molar refractivity (Wildman–Crippen MR) is 111 cm³/mol. The summed E-state index contributed by atoms with van der Waals surface area (Å²) in [6.07, 6.45) is 0.239. The molecular formula is C20H18N4O5S. The number of hydrogen-bond acceptors (Lipinski definition) is 6. The van der Waals surface area contributed by atoms with E-state index < -0.39 is 28.0 Å². The van der Waals surface area contributed by atoms with Gasteiger partial charge < -0.3 is 20.4 Å². The third kappa shape index (κ3) is 4.04. The number of furan rings is 1. The summed E-state index contributed by atoms with van der Waals surface area (Å²) in [7, 11) is -3.82. The van der Waals surface area contributed by atoms with Crippen molar-refractivity contribution in [2.24, 2.45) is 0 Å². The van der Waals surface area contributed by atoms with E-state index in [0.717, 1.165) is 5.56 Å². The van der Waals surface area contributed by atoms with Crippen molar-refractivity contribution < 1.29 is 22.4 Å². The summed E-state index contributed by atoms with van der Waals surface area (Å²) in [5.74, 6) is -0.789. The number of rotatable bonds is 4. The number of amides is 2. The molecule has 0 saturated carbocycles. The van der Waals surface area contributed by atoms with Crippen LogP contribution < -0.4 is 20.7 Å². The van der Waals surface area contributed by atoms with Gasteiger partial charge in [-0.15, -0.1) is 0 Å². The molecule has 4 rings (SSSR count). The van der Waals surface area contributed by atoms with Gasteiger partial charge in [0, 0.05) is 11.4 Å². The lowest BCUT2D eigenvalue weighted by molar-refractivity contribution is -0.117. The number of nitrogens with one attached hydrogen (secondary N) is 4. The van der Waals surface area contributed by atoms with Crippen LogP contribution in [-0.4, -0.2) is 26.4 Å². The molecule has 1 aliphatic heterocycles. The van der Waals surface area contributed by atoms with Crippen LogP contribution in [-0.2, 0) is 14.8 Å². The number of carbonyl (C=O) groups excluding carboxylic acids is 2. The Morgan fingerprint density at radius 3 is 2.37 bits per heavy atom. The molecule has 2 amide bonds. The van der Waals surface area contributed by atoms with E-state index in [1.165, 1.54) is 12.3 Å². The van der Waals surface area contributed by atoms with Gasteiger partial charge in [0.1, 0.15) is 4.90 Å². The van der Waals surface area contributed by atoms with Crippen LogP contribution in [0.2, 0.25) is 0 Å². The molecule has 30 heavy (non-hydrogen) atoms. The largest absolute Gasteiger partial charge is 0.459 e. The zero-order chi connectivity index (χ0) is 21.3.